The Morgan fingerprint density at radius 1 is 1.28 bits per heavy atom. The van der Waals surface area contributed by atoms with Gasteiger partial charge in [0.05, 0.1) is 11.2 Å². The van der Waals surface area contributed by atoms with Crippen LogP contribution in [-0.4, -0.2) is 33.5 Å². The minimum absolute atomic E-state index is 0.0114. The fourth-order valence-electron chi connectivity index (χ4n) is 6.46. The first kappa shape index (κ1) is 24.1. The van der Waals surface area contributed by atoms with Gasteiger partial charge in [0.2, 0.25) is 0 Å². The lowest BCUT2D eigenvalue weighted by Gasteiger charge is -2.63. The molecule has 166 valence electrons. The van der Waals surface area contributed by atoms with Crippen LogP contribution in [0.2, 0.25) is 0 Å². The lowest BCUT2D eigenvalue weighted by atomic mass is 9.44. The first-order valence-electron chi connectivity index (χ1n) is 11.1. The van der Waals surface area contributed by atoms with E-state index in [0.717, 1.165) is 19.3 Å². The maximum atomic E-state index is 12.6. The summed E-state index contributed by atoms with van der Waals surface area (Å²) in [5, 5.41) is 22.0. The number of esters is 1. The van der Waals surface area contributed by atoms with Gasteiger partial charge in [-0.25, -0.2) is 4.79 Å². The fraction of sp³-hybridized carbons (Fsp3) is 0.800. The van der Waals surface area contributed by atoms with Gasteiger partial charge < -0.3 is 14.9 Å². The van der Waals surface area contributed by atoms with E-state index >= 15 is 0 Å². The van der Waals surface area contributed by atoms with Gasteiger partial charge in [0, 0.05) is 17.9 Å². The topological polar surface area (TPSA) is 66.8 Å². The Morgan fingerprint density at radius 3 is 2.45 bits per heavy atom. The summed E-state index contributed by atoms with van der Waals surface area (Å²) in [5.41, 5.74) is -1.47. The lowest BCUT2D eigenvalue weighted by molar-refractivity contribution is -0.225. The molecule has 0 aromatic heterocycles. The third-order valence-corrected chi connectivity index (χ3v) is 8.01. The number of aliphatic hydroxyl groups is 2. The van der Waals surface area contributed by atoms with Crippen molar-refractivity contribution < 1.29 is 19.7 Å². The molecule has 0 aliphatic heterocycles. The molecule has 4 heteroatoms. The summed E-state index contributed by atoms with van der Waals surface area (Å²) in [6.45, 7) is 17.8. The highest BCUT2D eigenvalue weighted by atomic mass is 16.5. The van der Waals surface area contributed by atoms with Crippen molar-refractivity contribution in [2.45, 2.75) is 104 Å². The minimum atomic E-state index is -0.968. The highest BCUT2D eigenvalue weighted by molar-refractivity contribution is 5.87. The summed E-state index contributed by atoms with van der Waals surface area (Å²) in [6.07, 6.45) is 7.92. The molecule has 0 heterocycles. The zero-order valence-electron chi connectivity index (χ0n) is 19.5. The van der Waals surface area contributed by atoms with Crippen LogP contribution in [-0.2, 0) is 9.53 Å². The third kappa shape index (κ3) is 4.80. The van der Waals surface area contributed by atoms with E-state index in [0.29, 0.717) is 24.8 Å². The molecule has 2 fully saturated rings. The maximum absolute atomic E-state index is 12.6. The molecule has 2 saturated carbocycles. The summed E-state index contributed by atoms with van der Waals surface area (Å²) in [5.74, 6) is -0.106. The van der Waals surface area contributed by atoms with Crippen molar-refractivity contribution in [2.24, 2.45) is 22.7 Å². The highest BCUT2D eigenvalue weighted by Gasteiger charge is 2.62. The van der Waals surface area contributed by atoms with Gasteiger partial charge in [-0.15, -0.1) is 6.58 Å². The Balaban J connectivity index is 2.43. The van der Waals surface area contributed by atoms with Gasteiger partial charge in [-0.1, -0.05) is 39.3 Å². The second-order valence-electron chi connectivity index (χ2n) is 11.0. The van der Waals surface area contributed by atoms with E-state index in [1.54, 1.807) is 26.0 Å². The van der Waals surface area contributed by atoms with Crippen molar-refractivity contribution >= 4 is 5.97 Å². The predicted molar refractivity (Wildman–Crippen MR) is 117 cm³/mol. The number of fused-ring (bicyclic) bond motifs is 1. The number of hydrogen-bond acceptors (Lipinski definition) is 4. The van der Waals surface area contributed by atoms with Gasteiger partial charge in [0.25, 0.3) is 0 Å². The van der Waals surface area contributed by atoms with Crippen LogP contribution in [0.1, 0.15) is 87.0 Å². The molecular formula is C25H42O4. The average molecular weight is 407 g/mol. The highest BCUT2D eigenvalue weighted by Crippen LogP contribution is 2.63. The molecule has 0 bridgehead atoms. The first-order chi connectivity index (χ1) is 13.2. The molecule has 0 spiro atoms. The average Bonchev–Trinajstić information content (AvgIpc) is 2.58. The number of rotatable bonds is 6. The normalized spacial score (nSPS) is 39.2. The van der Waals surface area contributed by atoms with E-state index in [1.807, 2.05) is 13.8 Å². The molecule has 0 amide bonds. The van der Waals surface area contributed by atoms with E-state index in [9.17, 15) is 15.0 Å². The minimum Gasteiger partial charge on any atom is -0.459 e. The van der Waals surface area contributed by atoms with E-state index in [4.69, 9.17) is 4.74 Å². The summed E-state index contributed by atoms with van der Waals surface area (Å²) < 4.78 is 6.03. The monoisotopic (exact) mass is 406 g/mol. The van der Waals surface area contributed by atoms with Crippen molar-refractivity contribution in [2.75, 3.05) is 0 Å². The van der Waals surface area contributed by atoms with Crippen LogP contribution < -0.4 is 0 Å². The molecule has 29 heavy (non-hydrogen) atoms. The fourth-order valence-corrected chi connectivity index (χ4v) is 6.46. The molecule has 2 rings (SSSR count). The van der Waals surface area contributed by atoms with Gasteiger partial charge >= 0.3 is 5.97 Å². The number of hydrogen-bond donors (Lipinski definition) is 2. The van der Waals surface area contributed by atoms with Crippen molar-refractivity contribution in [1.29, 1.82) is 0 Å². The van der Waals surface area contributed by atoms with E-state index < -0.39 is 11.2 Å². The number of ether oxygens (including phenoxy) is 1. The molecule has 4 nitrogen and oxygen atoms in total. The second kappa shape index (κ2) is 8.19. The zero-order valence-corrected chi connectivity index (χ0v) is 19.5. The first-order valence-corrected chi connectivity index (χ1v) is 11.1. The number of carbonyl (C=O) groups excluding carboxylic acids is 1. The van der Waals surface area contributed by atoms with Crippen molar-refractivity contribution in [3.8, 4) is 0 Å². The molecule has 2 aliphatic rings. The van der Waals surface area contributed by atoms with Gasteiger partial charge in [0.15, 0.2) is 0 Å². The number of carbonyl (C=O) groups is 1. The molecule has 2 aliphatic carbocycles. The lowest BCUT2D eigenvalue weighted by Crippen LogP contribution is -2.63. The Kier molecular flexibility index (Phi) is 6.81. The summed E-state index contributed by atoms with van der Waals surface area (Å²) in [7, 11) is 0. The Bertz CT molecular complexity index is 658. The zero-order chi connectivity index (χ0) is 22.3. The van der Waals surface area contributed by atoms with Gasteiger partial charge in [-0.2, -0.15) is 0 Å². The van der Waals surface area contributed by atoms with Crippen LogP contribution in [0.25, 0.3) is 0 Å². The molecule has 6 unspecified atom stereocenters. The maximum Gasteiger partial charge on any atom is 0.333 e. The second-order valence-corrected chi connectivity index (χ2v) is 11.0. The Morgan fingerprint density at radius 2 is 1.90 bits per heavy atom. The van der Waals surface area contributed by atoms with Crippen molar-refractivity contribution in [1.82, 2.24) is 0 Å². The summed E-state index contributed by atoms with van der Waals surface area (Å²) in [6, 6.07) is 0. The molecule has 0 aromatic rings. The van der Waals surface area contributed by atoms with Crippen LogP contribution in [0.5, 0.6) is 0 Å². The molecule has 2 N–H and O–H groups in total. The molecule has 0 saturated heterocycles. The SMILES string of the molecule is C=CC(C)(O)CCC1C(C)(O)CC(OC(=O)C(C)=CC)C2C(C)(C)CCCC21C. The van der Waals surface area contributed by atoms with Crippen LogP contribution in [0.15, 0.2) is 24.3 Å². The van der Waals surface area contributed by atoms with Gasteiger partial charge in [-0.05, 0) is 70.1 Å². The van der Waals surface area contributed by atoms with Crippen LogP contribution >= 0.6 is 0 Å². The van der Waals surface area contributed by atoms with E-state index in [1.165, 1.54) is 0 Å². The molecule has 6 atom stereocenters. The van der Waals surface area contributed by atoms with E-state index in [2.05, 4.69) is 27.4 Å². The van der Waals surface area contributed by atoms with Crippen LogP contribution in [0.3, 0.4) is 0 Å². The van der Waals surface area contributed by atoms with Crippen molar-refractivity contribution in [3.05, 3.63) is 24.3 Å². The Labute approximate surface area is 177 Å². The Hall–Kier alpha value is -1.13. The quantitative estimate of drug-likeness (QED) is 0.362. The van der Waals surface area contributed by atoms with Crippen LogP contribution in [0, 0.1) is 22.7 Å². The molecule has 0 radical (unpaired) electrons. The van der Waals surface area contributed by atoms with Crippen molar-refractivity contribution in [3.63, 3.8) is 0 Å². The van der Waals surface area contributed by atoms with Crippen LogP contribution in [0.4, 0.5) is 0 Å². The number of allylic oxidation sites excluding steroid dienone is 1. The molecule has 0 aromatic carbocycles. The molecular weight excluding hydrogens is 364 g/mol. The summed E-state index contributed by atoms with van der Waals surface area (Å²) in [4.78, 5) is 12.6. The van der Waals surface area contributed by atoms with Gasteiger partial charge in [-0.3, -0.25) is 0 Å². The third-order valence-electron chi connectivity index (χ3n) is 8.01. The van der Waals surface area contributed by atoms with E-state index in [-0.39, 0.29) is 34.7 Å². The summed E-state index contributed by atoms with van der Waals surface area (Å²) >= 11 is 0. The predicted octanol–water partition coefficient (Wildman–Crippen LogP) is 5.19. The largest absolute Gasteiger partial charge is 0.459 e. The standard InChI is InChI=1S/C25H42O4/c1-9-17(3)21(26)29-18-16-25(8,28)19(12-15-23(6,27)10-2)24(7)14-11-13-22(4,5)20(18)24/h9-10,18-20,27-28H,2,11-16H2,1,3-8H3. The smallest absolute Gasteiger partial charge is 0.333 e. The van der Waals surface area contributed by atoms with Gasteiger partial charge in [0.1, 0.15) is 6.10 Å².